The van der Waals surface area contributed by atoms with E-state index in [0.717, 1.165) is 17.7 Å². The van der Waals surface area contributed by atoms with Crippen LogP contribution < -0.4 is 10.1 Å². The van der Waals surface area contributed by atoms with Crippen molar-refractivity contribution in [2.45, 2.75) is 33.2 Å². The lowest BCUT2D eigenvalue weighted by Crippen LogP contribution is -2.34. The van der Waals surface area contributed by atoms with Crippen LogP contribution in [0, 0.1) is 0 Å². The van der Waals surface area contributed by atoms with Gasteiger partial charge < -0.3 is 10.1 Å². The first-order chi connectivity index (χ1) is 14.4. The number of carbonyl (C=O) groups excluding carboxylic acids is 2. The van der Waals surface area contributed by atoms with Crippen LogP contribution in [-0.2, 0) is 16.0 Å². The molecule has 0 atom stereocenters. The third kappa shape index (κ3) is 5.29. The molecule has 1 heterocycles. The number of thiocarbonyl (C=S) groups is 1. The molecule has 0 saturated carbocycles. The van der Waals surface area contributed by atoms with Gasteiger partial charge in [-0.25, -0.2) is 0 Å². The molecule has 30 heavy (non-hydrogen) atoms. The van der Waals surface area contributed by atoms with Crippen molar-refractivity contribution >= 4 is 51.9 Å². The fourth-order valence-electron chi connectivity index (χ4n) is 2.96. The Labute approximate surface area is 186 Å². The number of amides is 2. The summed E-state index contributed by atoms with van der Waals surface area (Å²) in [4.78, 5) is 27.1. The SMILES string of the molecule is CCc1ccc(NC(=O)COc2ccccc2/C=C2\SC(=S)N(C(C)C)C2=O)cc1. The quantitative estimate of drug-likeness (QED) is 0.491. The van der Waals surface area contributed by atoms with E-state index >= 15 is 0 Å². The number of rotatable bonds is 7. The van der Waals surface area contributed by atoms with Gasteiger partial charge in [0.15, 0.2) is 6.61 Å². The highest BCUT2D eigenvalue weighted by Gasteiger charge is 2.33. The first kappa shape index (κ1) is 22.1. The van der Waals surface area contributed by atoms with E-state index in [0.29, 0.717) is 15.0 Å². The maximum absolute atomic E-state index is 12.6. The Bertz CT molecular complexity index is 984. The number of carbonyl (C=O) groups is 2. The summed E-state index contributed by atoms with van der Waals surface area (Å²) in [6.07, 6.45) is 2.71. The summed E-state index contributed by atoms with van der Waals surface area (Å²) in [6, 6.07) is 15.0. The summed E-state index contributed by atoms with van der Waals surface area (Å²) in [5, 5.41) is 2.83. The number of aryl methyl sites for hydroxylation is 1. The van der Waals surface area contributed by atoms with Crippen LogP contribution in [-0.4, -0.2) is 33.7 Å². The van der Waals surface area contributed by atoms with Gasteiger partial charge in [0, 0.05) is 17.3 Å². The number of ether oxygens (including phenoxy) is 1. The lowest BCUT2D eigenvalue weighted by atomic mass is 10.1. The van der Waals surface area contributed by atoms with Crippen LogP contribution in [0.3, 0.4) is 0 Å². The largest absolute Gasteiger partial charge is 0.483 e. The minimum absolute atomic E-state index is 0.00461. The molecule has 0 aromatic heterocycles. The summed E-state index contributed by atoms with van der Waals surface area (Å²) < 4.78 is 6.29. The zero-order valence-electron chi connectivity index (χ0n) is 17.2. The van der Waals surface area contributed by atoms with Crippen molar-refractivity contribution in [3.63, 3.8) is 0 Å². The number of benzene rings is 2. The molecule has 0 spiro atoms. The Morgan fingerprint density at radius 3 is 2.53 bits per heavy atom. The average Bonchev–Trinajstić information content (AvgIpc) is 3.01. The van der Waals surface area contributed by atoms with Crippen LogP contribution in [0.5, 0.6) is 5.75 Å². The molecular formula is C23H24N2O3S2. The Balaban J connectivity index is 1.67. The number of thioether (sulfide) groups is 1. The summed E-state index contributed by atoms with van der Waals surface area (Å²) >= 11 is 6.60. The Morgan fingerprint density at radius 2 is 1.90 bits per heavy atom. The predicted octanol–water partition coefficient (Wildman–Crippen LogP) is 4.88. The number of hydrogen-bond acceptors (Lipinski definition) is 5. The molecule has 1 fully saturated rings. The molecule has 0 unspecified atom stereocenters. The van der Waals surface area contributed by atoms with Gasteiger partial charge in [-0.15, -0.1) is 0 Å². The predicted molar refractivity (Wildman–Crippen MR) is 127 cm³/mol. The highest BCUT2D eigenvalue weighted by molar-refractivity contribution is 8.26. The van der Waals surface area contributed by atoms with Gasteiger partial charge in [0.25, 0.3) is 11.8 Å². The lowest BCUT2D eigenvalue weighted by Gasteiger charge is -2.18. The fraction of sp³-hybridized carbons (Fsp3) is 0.261. The van der Waals surface area contributed by atoms with Crippen molar-refractivity contribution in [1.29, 1.82) is 0 Å². The highest BCUT2D eigenvalue weighted by Crippen LogP contribution is 2.35. The number of nitrogens with one attached hydrogen (secondary N) is 1. The molecule has 2 amide bonds. The van der Waals surface area contributed by atoms with Crippen molar-refractivity contribution in [1.82, 2.24) is 4.90 Å². The molecule has 1 aliphatic heterocycles. The van der Waals surface area contributed by atoms with Crippen LogP contribution in [0.25, 0.3) is 6.08 Å². The van der Waals surface area contributed by atoms with Gasteiger partial charge in [-0.05, 0) is 50.1 Å². The summed E-state index contributed by atoms with van der Waals surface area (Å²) in [5.74, 6) is 0.173. The summed E-state index contributed by atoms with van der Waals surface area (Å²) in [7, 11) is 0. The average molecular weight is 441 g/mol. The third-order valence-corrected chi connectivity index (χ3v) is 5.88. The first-order valence-corrected chi connectivity index (χ1v) is 11.0. The standard InChI is InChI=1S/C23H24N2O3S2/c1-4-16-9-11-18(12-10-16)24-21(26)14-28-19-8-6-5-7-17(19)13-20-22(27)25(15(2)3)23(29)30-20/h5-13,15H,4,14H2,1-3H3,(H,24,26)/b20-13-. The molecule has 1 saturated heterocycles. The van der Waals surface area contributed by atoms with Gasteiger partial charge in [0.2, 0.25) is 0 Å². The second-order valence-corrected chi connectivity index (χ2v) is 8.75. The van der Waals surface area contributed by atoms with E-state index in [-0.39, 0.29) is 24.5 Å². The zero-order chi connectivity index (χ0) is 21.7. The summed E-state index contributed by atoms with van der Waals surface area (Å²) in [5.41, 5.74) is 2.66. The van der Waals surface area contributed by atoms with Crippen LogP contribution in [0.4, 0.5) is 5.69 Å². The molecule has 0 aliphatic carbocycles. The monoisotopic (exact) mass is 440 g/mol. The number of nitrogens with zero attached hydrogens (tertiary/aromatic N) is 1. The van der Waals surface area contributed by atoms with Crippen LogP contribution in [0.15, 0.2) is 53.4 Å². The molecular weight excluding hydrogens is 416 g/mol. The Kier molecular flexibility index (Phi) is 7.29. The van der Waals surface area contributed by atoms with E-state index in [2.05, 4.69) is 12.2 Å². The van der Waals surface area contributed by atoms with E-state index in [4.69, 9.17) is 17.0 Å². The van der Waals surface area contributed by atoms with Crippen molar-refractivity contribution in [3.8, 4) is 5.75 Å². The maximum Gasteiger partial charge on any atom is 0.266 e. The molecule has 156 valence electrons. The maximum atomic E-state index is 12.6. The zero-order valence-corrected chi connectivity index (χ0v) is 18.8. The summed E-state index contributed by atoms with van der Waals surface area (Å²) in [6.45, 7) is 5.81. The molecule has 1 N–H and O–H groups in total. The second kappa shape index (κ2) is 9.91. The molecule has 2 aromatic rings. The fourth-order valence-corrected chi connectivity index (χ4v) is 4.48. The van der Waals surface area contributed by atoms with E-state index in [1.807, 2.05) is 56.3 Å². The number of para-hydroxylation sites is 1. The third-order valence-electron chi connectivity index (χ3n) is 4.55. The van der Waals surface area contributed by atoms with E-state index in [1.165, 1.54) is 17.3 Å². The van der Waals surface area contributed by atoms with Gasteiger partial charge in [-0.1, -0.05) is 61.2 Å². The molecule has 0 radical (unpaired) electrons. The van der Waals surface area contributed by atoms with Crippen molar-refractivity contribution in [3.05, 3.63) is 64.6 Å². The van der Waals surface area contributed by atoms with Gasteiger partial charge >= 0.3 is 0 Å². The second-order valence-electron chi connectivity index (χ2n) is 7.07. The first-order valence-electron chi connectivity index (χ1n) is 9.76. The minimum atomic E-state index is -0.250. The van der Waals surface area contributed by atoms with Crippen LogP contribution in [0.1, 0.15) is 31.9 Å². The normalized spacial score (nSPS) is 15.2. The highest BCUT2D eigenvalue weighted by atomic mass is 32.2. The smallest absolute Gasteiger partial charge is 0.266 e. The van der Waals surface area contributed by atoms with Gasteiger partial charge in [0.1, 0.15) is 10.1 Å². The van der Waals surface area contributed by atoms with E-state index in [1.54, 1.807) is 17.0 Å². The Morgan fingerprint density at radius 1 is 1.20 bits per heavy atom. The van der Waals surface area contributed by atoms with Crippen LogP contribution in [0.2, 0.25) is 0 Å². The molecule has 5 nitrogen and oxygen atoms in total. The number of anilines is 1. The number of hydrogen-bond donors (Lipinski definition) is 1. The van der Waals surface area contributed by atoms with Gasteiger partial charge in [0.05, 0.1) is 4.91 Å². The Hall–Kier alpha value is -2.64. The molecule has 1 aliphatic rings. The molecule has 7 heteroatoms. The van der Waals surface area contributed by atoms with Crippen molar-refractivity contribution < 1.29 is 14.3 Å². The molecule has 0 bridgehead atoms. The van der Waals surface area contributed by atoms with Crippen molar-refractivity contribution in [2.75, 3.05) is 11.9 Å². The van der Waals surface area contributed by atoms with Crippen LogP contribution >= 0.6 is 24.0 Å². The lowest BCUT2D eigenvalue weighted by molar-refractivity contribution is -0.123. The molecule has 2 aromatic carbocycles. The van der Waals surface area contributed by atoms with Crippen molar-refractivity contribution in [2.24, 2.45) is 0 Å². The van der Waals surface area contributed by atoms with Gasteiger partial charge in [-0.3, -0.25) is 14.5 Å². The molecule has 3 rings (SSSR count). The van der Waals surface area contributed by atoms with E-state index < -0.39 is 0 Å². The minimum Gasteiger partial charge on any atom is -0.483 e. The van der Waals surface area contributed by atoms with E-state index in [9.17, 15) is 9.59 Å². The van der Waals surface area contributed by atoms with Gasteiger partial charge in [-0.2, -0.15) is 0 Å². The topological polar surface area (TPSA) is 58.6 Å².